The molecule has 2 nitrogen and oxygen atoms in total. The van der Waals surface area contributed by atoms with Gasteiger partial charge in [-0.05, 0) is 33.7 Å². The molecule has 2 aromatic heterocycles. The van der Waals surface area contributed by atoms with Gasteiger partial charge in [0.15, 0.2) is 0 Å². The van der Waals surface area contributed by atoms with E-state index in [2.05, 4.69) is 93.0 Å². The Balaban J connectivity index is 0.000000994. The third-order valence-electron chi connectivity index (χ3n) is 4.87. The van der Waals surface area contributed by atoms with Crippen LogP contribution in [0.25, 0.3) is 44.1 Å². The van der Waals surface area contributed by atoms with E-state index in [1.165, 1.54) is 16.3 Å². The van der Waals surface area contributed by atoms with Gasteiger partial charge in [-0.25, -0.2) is 0 Å². The van der Waals surface area contributed by atoms with Gasteiger partial charge in [-0.2, -0.15) is 0 Å². The summed E-state index contributed by atoms with van der Waals surface area (Å²) < 4.78 is 0. The van der Waals surface area contributed by atoms with Crippen molar-refractivity contribution in [2.24, 2.45) is 0 Å². The number of nitrogens with zero attached hydrogens (tertiary/aromatic N) is 2. The van der Waals surface area contributed by atoms with Gasteiger partial charge >= 0.3 is 28.2 Å². The van der Waals surface area contributed by atoms with E-state index in [-0.39, 0.29) is 0 Å². The second kappa shape index (κ2) is 8.86. The fraction of sp³-hybridized carbons (Fsp3) is 0.0400. The first-order chi connectivity index (χ1) is 14.3. The van der Waals surface area contributed by atoms with E-state index in [4.69, 9.17) is 0 Å². The number of hydrogen-bond donors (Lipinski definition) is 0. The topological polar surface area (TPSA) is 25.8 Å². The van der Waals surface area contributed by atoms with Gasteiger partial charge in [0, 0.05) is 23.8 Å². The summed E-state index contributed by atoms with van der Waals surface area (Å²) in [6.07, 6.45) is 3.73. The zero-order chi connectivity index (χ0) is 20.2. The van der Waals surface area contributed by atoms with E-state index in [0.29, 0.717) is 0 Å². The third-order valence-corrected chi connectivity index (χ3v) is 4.87. The minimum atomic E-state index is 0.957. The predicted octanol–water partition coefficient (Wildman–Crippen LogP) is 6.91. The van der Waals surface area contributed by atoms with Crippen LogP contribution in [0.4, 0.5) is 0 Å². The number of aromatic nitrogens is 2. The number of hydrogen-bond acceptors (Lipinski definition) is 2. The van der Waals surface area contributed by atoms with Crippen molar-refractivity contribution in [2.45, 2.75) is 6.92 Å². The van der Waals surface area contributed by atoms with Gasteiger partial charge in [-0.15, -0.1) is 23.8 Å². The first-order valence-corrected chi connectivity index (χ1v) is 12.0. The second-order valence-electron chi connectivity index (χ2n) is 6.75. The van der Waals surface area contributed by atoms with E-state index in [1.807, 2.05) is 24.5 Å². The zero-order valence-electron chi connectivity index (χ0n) is 15.7. The maximum atomic E-state index is 4.66. The first-order valence-electron chi connectivity index (χ1n) is 9.14. The van der Waals surface area contributed by atoms with E-state index in [1.54, 1.807) is 18.8 Å². The van der Waals surface area contributed by atoms with Gasteiger partial charge in [0.2, 0.25) is 0 Å². The van der Waals surface area contributed by atoms with Crippen molar-refractivity contribution in [1.29, 1.82) is 0 Å². The van der Waals surface area contributed by atoms with Crippen LogP contribution in [0.15, 0.2) is 85.2 Å². The van der Waals surface area contributed by atoms with Crippen LogP contribution in [0.1, 0.15) is 5.56 Å². The molecule has 0 aliphatic carbocycles. The summed E-state index contributed by atoms with van der Waals surface area (Å²) in [5.74, 6) is 0. The molecule has 0 amide bonds. The van der Waals surface area contributed by atoms with Gasteiger partial charge < -0.3 is 0 Å². The van der Waals surface area contributed by atoms with Crippen LogP contribution in [0.2, 0.25) is 0 Å². The predicted molar refractivity (Wildman–Crippen MR) is 117 cm³/mol. The monoisotopic (exact) mass is 575 g/mol. The number of halogens is 1. The molecular weight excluding hydrogens is 559 g/mol. The van der Waals surface area contributed by atoms with Gasteiger partial charge in [-0.1, -0.05) is 66.6 Å². The molecule has 0 atom stereocenters. The standard InChI is InChI=1S/C25H17N2.ClH.Pt/c1-17-14-20(24-22-8-4-2-6-18(22)10-12-26-24)16-21(15-17)25-23-9-5-3-7-19(23)11-13-27-25;;/h2-15H,1H3;1H;/q-1;;+2/p-1. The van der Waals surface area contributed by atoms with Crippen molar-refractivity contribution in [2.75, 3.05) is 0 Å². The number of rotatable bonds is 2. The molecule has 0 spiro atoms. The normalized spacial score (nSPS) is 10.6. The van der Waals surface area contributed by atoms with E-state index < -0.39 is 0 Å². The van der Waals surface area contributed by atoms with Gasteiger partial charge in [0.05, 0.1) is 0 Å². The van der Waals surface area contributed by atoms with Crippen LogP contribution in [0.5, 0.6) is 0 Å². The van der Waals surface area contributed by atoms with Crippen LogP contribution >= 0.6 is 9.42 Å². The van der Waals surface area contributed by atoms with Crippen molar-refractivity contribution in [3.8, 4) is 22.5 Å². The van der Waals surface area contributed by atoms with E-state index >= 15 is 0 Å². The molecule has 0 fully saturated rings. The van der Waals surface area contributed by atoms with E-state index in [0.717, 1.165) is 33.3 Å². The molecule has 0 aliphatic rings. The average molecular weight is 576 g/mol. The molecule has 3 aromatic carbocycles. The third kappa shape index (κ3) is 3.96. The number of pyridine rings is 2. The molecule has 144 valence electrons. The molecule has 0 bridgehead atoms. The summed E-state index contributed by atoms with van der Waals surface area (Å²) in [5, 5.41) is 4.64. The van der Waals surface area contributed by atoms with Crippen LogP contribution in [0.3, 0.4) is 0 Å². The Labute approximate surface area is 185 Å². The summed E-state index contributed by atoms with van der Waals surface area (Å²) >= 11 is 1.61. The number of fused-ring (bicyclic) bond motifs is 2. The van der Waals surface area contributed by atoms with Gasteiger partial charge in [-0.3, -0.25) is 9.97 Å². The number of aryl methyl sites for hydroxylation is 1. The van der Waals surface area contributed by atoms with Crippen molar-refractivity contribution >= 4 is 31.0 Å². The van der Waals surface area contributed by atoms with Crippen molar-refractivity contribution < 1.29 is 18.8 Å². The molecule has 2 heterocycles. The van der Waals surface area contributed by atoms with Crippen LogP contribution in [0, 0.1) is 13.0 Å². The maximum absolute atomic E-state index is 4.66. The van der Waals surface area contributed by atoms with Crippen molar-refractivity contribution in [1.82, 2.24) is 9.97 Å². The summed E-state index contributed by atoms with van der Waals surface area (Å²) in [6, 6.07) is 28.6. The molecule has 0 N–H and O–H groups in total. The fourth-order valence-corrected chi connectivity index (χ4v) is 3.64. The van der Waals surface area contributed by atoms with Crippen molar-refractivity contribution in [3.05, 3.63) is 96.8 Å². The molecule has 29 heavy (non-hydrogen) atoms. The molecule has 0 saturated carbocycles. The summed E-state index contributed by atoms with van der Waals surface area (Å²) in [5.41, 5.74) is 5.08. The van der Waals surface area contributed by atoms with Crippen LogP contribution in [-0.4, -0.2) is 9.97 Å². The Morgan fingerprint density at radius 3 is 1.62 bits per heavy atom. The molecule has 0 unspecified atom stereocenters. The molecule has 5 rings (SSSR count). The Morgan fingerprint density at radius 2 is 1.14 bits per heavy atom. The van der Waals surface area contributed by atoms with E-state index in [9.17, 15) is 0 Å². The quantitative estimate of drug-likeness (QED) is 0.214. The van der Waals surface area contributed by atoms with Crippen LogP contribution < -0.4 is 0 Å². The van der Waals surface area contributed by atoms with Gasteiger partial charge in [0.1, 0.15) is 0 Å². The fourth-order valence-electron chi connectivity index (χ4n) is 3.64. The average Bonchev–Trinajstić information content (AvgIpc) is 2.79. The zero-order valence-corrected chi connectivity index (χ0v) is 18.7. The summed E-state index contributed by atoms with van der Waals surface area (Å²) in [4.78, 5) is 9.33. The Hall–Kier alpha value is -2.54. The Kier molecular flexibility index (Phi) is 6.04. The van der Waals surface area contributed by atoms with Gasteiger partial charge in [0.25, 0.3) is 0 Å². The summed E-state index contributed by atoms with van der Waals surface area (Å²) in [7, 11) is 4.61. The molecule has 0 aliphatic heterocycles. The molecule has 5 aromatic rings. The Morgan fingerprint density at radius 1 is 0.690 bits per heavy atom. The Bertz CT molecular complexity index is 1190. The minimum absolute atomic E-state index is 0.957. The van der Waals surface area contributed by atoms with Crippen molar-refractivity contribution in [3.63, 3.8) is 0 Å². The van der Waals surface area contributed by atoms with Crippen LogP contribution in [-0.2, 0) is 18.8 Å². The molecule has 0 saturated heterocycles. The summed E-state index contributed by atoms with van der Waals surface area (Å²) in [6.45, 7) is 2.11. The molecule has 4 heteroatoms. The second-order valence-corrected chi connectivity index (χ2v) is 6.75. The number of benzene rings is 3. The first kappa shape index (κ1) is 19.8. The SMILES string of the molecule is Cc1cc(-c2nccc3ccccc23)[c-]c(-c2nccc3ccccc23)c1.[Cl][Pt+]. The molecule has 0 radical (unpaired) electrons. The molecular formula is C25H17ClN2Pt.